The van der Waals surface area contributed by atoms with Crippen molar-refractivity contribution < 1.29 is 14.3 Å². The van der Waals surface area contributed by atoms with Crippen LogP contribution in [0.3, 0.4) is 0 Å². The fraction of sp³-hybridized carbons (Fsp3) is 0.364. The second-order valence-corrected chi connectivity index (χ2v) is 6.95. The number of nitrogens with one attached hydrogen (secondary N) is 1. The highest BCUT2D eigenvalue weighted by atomic mass is 16.5. The van der Waals surface area contributed by atoms with E-state index in [2.05, 4.69) is 40.8 Å². The summed E-state index contributed by atoms with van der Waals surface area (Å²) in [6.45, 7) is 5.89. The summed E-state index contributed by atoms with van der Waals surface area (Å²) in [5, 5.41) is 2.84. The first-order valence-corrected chi connectivity index (χ1v) is 9.51. The second-order valence-electron chi connectivity index (χ2n) is 6.95. The average molecular weight is 381 g/mol. The summed E-state index contributed by atoms with van der Waals surface area (Å²) in [4.78, 5) is 16.4. The summed E-state index contributed by atoms with van der Waals surface area (Å²) in [7, 11) is 1.50. The van der Waals surface area contributed by atoms with E-state index in [1.54, 1.807) is 0 Å². The van der Waals surface area contributed by atoms with Crippen LogP contribution in [-0.4, -0.2) is 35.8 Å². The van der Waals surface area contributed by atoms with E-state index in [0.717, 1.165) is 22.6 Å². The van der Waals surface area contributed by atoms with E-state index in [-0.39, 0.29) is 12.5 Å². The lowest BCUT2D eigenvalue weighted by atomic mass is 10.0. The Labute approximate surface area is 165 Å². The van der Waals surface area contributed by atoms with Crippen LogP contribution in [-0.2, 0) is 22.6 Å². The van der Waals surface area contributed by atoms with Gasteiger partial charge in [-0.05, 0) is 35.7 Å². The van der Waals surface area contributed by atoms with Crippen molar-refractivity contribution in [2.24, 2.45) is 0 Å². The number of carbonyl (C=O) groups excluding carboxylic acids is 1. The van der Waals surface area contributed by atoms with E-state index in [0.29, 0.717) is 25.6 Å². The Balaban J connectivity index is 1.68. The molecule has 0 aliphatic rings. The molecule has 0 aliphatic carbocycles. The predicted octanol–water partition coefficient (Wildman–Crippen LogP) is 3.50. The van der Waals surface area contributed by atoms with Crippen LogP contribution in [0.15, 0.2) is 48.5 Å². The quantitative estimate of drug-likeness (QED) is 0.616. The van der Waals surface area contributed by atoms with E-state index in [1.165, 1.54) is 12.7 Å². The summed E-state index contributed by atoms with van der Waals surface area (Å²) < 4.78 is 12.9. The molecule has 3 rings (SSSR count). The highest BCUT2D eigenvalue weighted by molar-refractivity contribution is 5.78. The molecule has 148 valence electrons. The molecular formula is C22H27N3O3. The number of ether oxygens (including phenoxy) is 2. The molecule has 0 spiro atoms. The monoisotopic (exact) mass is 381 g/mol. The lowest BCUT2D eigenvalue weighted by Crippen LogP contribution is -2.28. The van der Waals surface area contributed by atoms with E-state index >= 15 is 0 Å². The third kappa shape index (κ3) is 4.89. The van der Waals surface area contributed by atoms with Crippen molar-refractivity contribution in [3.63, 3.8) is 0 Å². The topological polar surface area (TPSA) is 65.4 Å². The van der Waals surface area contributed by atoms with Crippen LogP contribution >= 0.6 is 0 Å². The lowest BCUT2D eigenvalue weighted by molar-refractivity contribution is -0.124. The number of methoxy groups -OCH3 is 1. The van der Waals surface area contributed by atoms with Crippen LogP contribution in [0, 0.1) is 0 Å². The van der Waals surface area contributed by atoms with Gasteiger partial charge in [0, 0.05) is 7.11 Å². The number of hydrogen-bond acceptors (Lipinski definition) is 4. The normalized spacial score (nSPS) is 11.1. The zero-order valence-corrected chi connectivity index (χ0v) is 16.6. The summed E-state index contributed by atoms with van der Waals surface area (Å²) in [6, 6.07) is 16.2. The number of fused-ring (bicyclic) bond motifs is 1. The largest absolute Gasteiger partial charge is 0.492 e. The van der Waals surface area contributed by atoms with E-state index < -0.39 is 0 Å². The molecule has 0 atom stereocenters. The summed E-state index contributed by atoms with van der Waals surface area (Å²) >= 11 is 0. The molecule has 2 aromatic carbocycles. The van der Waals surface area contributed by atoms with Gasteiger partial charge in [-0.2, -0.15) is 0 Å². The van der Waals surface area contributed by atoms with Gasteiger partial charge < -0.3 is 19.4 Å². The molecule has 0 fully saturated rings. The number of nitrogens with zero attached hydrogens (tertiary/aromatic N) is 2. The first-order valence-electron chi connectivity index (χ1n) is 9.51. The number of para-hydroxylation sites is 2. The van der Waals surface area contributed by atoms with Crippen LogP contribution in [0.4, 0.5) is 0 Å². The third-order valence-electron chi connectivity index (χ3n) is 4.58. The number of hydrogen-bond donors (Lipinski definition) is 1. The molecule has 6 heteroatoms. The fourth-order valence-electron chi connectivity index (χ4n) is 3.07. The maximum absolute atomic E-state index is 11.7. The van der Waals surface area contributed by atoms with E-state index in [1.807, 2.05) is 36.4 Å². The third-order valence-corrected chi connectivity index (χ3v) is 4.58. The van der Waals surface area contributed by atoms with Gasteiger partial charge in [-0.1, -0.05) is 38.1 Å². The Morgan fingerprint density at radius 1 is 1.14 bits per heavy atom. The number of imidazole rings is 1. The molecule has 0 saturated heterocycles. The molecule has 1 amide bonds. The molecule has 0 radical (unpaired) electrons. The molecule has 6 nitrogen and oxygen atoms in total. The first-order chi connectivity index (χ1) is 13.6. The number of aromatic nitrogens is 2. The average Bonchev–Trinajstić information content (AvgIpc) is 3.05. The zero-order chi connectivity index (χ0) is 19.9. The number of carbonyl (C=O) groups is 1. The number of benzene rings is 2. The van der Waals surface area contributed by atoms with Crippen LogP contribution in [0.1, 0.15) is 31.2 Å². The van der Waals surface area contributed by atoms with Crippen molar-refractivity contribution >= 4 is 16.9 Å². The van der Waals surface area contributed by atoms with Gasteiger partial charge in [-0.25, -0.2) is 4.98 Å². The van der Waals surface area contributed by atoms with Crippen molar-refractivity contribution in [2.75, 3.05) is 20.3 Å². The zero-order valence-electron chi connectivity index (χ0n) is 16.6. The summed E-state index contributed by atoms with van der Waals surface area (Å²) in [5.74, 6) is 1.98. The Morgan fingerprint density at radius 3 is 2.61 bits per heavy atom. The SMILES string of the molecule is COCC(=O)NCc1nc2ccccc2n1CCOc1ccc(C(C)C)cc1. The first kappa shape index (κ1) is 19.9. The van der Waals surface area contributed by atoms with E-state index in [9.17, 15) is 4.79 Å². The van der Waals surface area contributed by atoms with Crippen molar-refractivity contribution in [3.8, 4) is 5.75 Å². The molecule has 0 bridgehead atoms. The smallest absolute Gasteiger partial charge is 0.246 e. The van der Waals surface area contributed by atoms with Crippen LogP contribution < -0.4 is 10.1 Å². The molecule has 28 heavy (non-hydrogen) atoms. The molecule has 1 N–H and O–H groups in total. The summed E-state index contributed by atoms with van der Waals surface area (Å²) in [6.07, 6.45) is 0. The van der Waals surface area contributed by atoms with Gasteiger partial charge in [0.25, 0.3) is 0 Å². The molecule has 0 aliphatic heterocycles. The molecule has 1 aromatic heterocycles. The predicted molar refractivity (Wildman–Crippen MR) is 109 cm³/mol. The molecule has 0 saturated carbocycles. The molecule has 0 unspecified atom stereocenters. The highest BCUT2D eigenvalue weighted by Crippen LogP contribution is 2.19. The van der Waals surface area contributed by atoms with Gasteiger partial charge in [-0.3, -0.25) is 4.79 Å². The van der Waals surface area contributed by atoms with Gasteiger partial charge in [0.2, 0.25) is 5.91 Å². The Kier molecular flexibility index (Phi) is 6.66. The van der Waals surface area contributed by atoms with Crippen LogP contribution in [0.5, 0.6) is 5.75 Å². The van der Waals surface area contributed by atoms with Crippen LogP contribution in [0.2, 0.25) is 0 Å². The molecular weight excluding hydrogens is 354 g/mol. The second kappa shape index (κ2) is 9.37. The van der Waals surface area contributed by atoms with E-state index in [4.69, 9.17) is 9.47 Å². The van der Waals surface area contributed by atoms with Gasteiger partial charge in [0.05, 0.1) is 24.1 Å². The van der Waals surface area contributed by atoms with Gasteiger partial charge in [0.1, 0.15) is 24.8 Å². The van der Waals surface area contributed by atoms with Gasteiger partial charge in [0.15, 0.2) is 0 Å². The molecule has 3 aromatic rings. The minimum Gasteiger partial charge on any atom is -0.492 e. The summed E-state index contributed by atoms with van der Waals surface area (Å²) in [5.41, 5.74) is 3.22. The van der Waals surface area contributed by atoms with Crippen molar-refractivity contribution in [1.29, 1.82) is 0 Å². The Morgan fingerprint density at radius 2 is 1.89 bits per heavy atom. The maximum Gasteiger partial charge on any atom is 0.246 e. The van der Waals surface area contributed by atoms with Crippen molar-refractivity contribution in [1.82, 2.24) is 14.9 Å². The van der Waals surface area contributed by atoms with Gasteiger partial charge in [-0.15, -0.1) is 0 Å². The lowest BCUT2D eigenvalue weighted by Gasteiger charge is -2.12. The standard InChI is InChI=1S/C22H27N3O3/c1-16(2)17-8-10-18(11-9-17)28-13-12-25-20-7-5-4-6-19(20)24-21(25)14-23-22(26)15-27-3/h4-11,16H,12-15H2,1-3H3,(H,23,26). The molecule has 1 heterocycles. The van der Waals surface area contributed by atoms with Crippen LogP contribution in [0.25, 0.3) is 11.0 Å². The number of amides is 1. The van der Waals surface area contributed by atoms with Crippen molar-refractivity contribution in [3.05, 3.63) is 59.9 Å². The Bertz CT molecular complexity index is 916. The fourth-order valence-corrected chi connectivity index (χ4v) is 3.07. The minimum atomic E-state index is -0.164. The number of rotatable bonds is 9. The van der Waals surface area contributed by atoms with Crippen molar-refractivity contribution in [2.45, 2.75) is 32.9 Å². The van der Waals surface area contributed by atoms with Gasteiger partial charge >= 0.3 is 0 Å². The minimum absolute atomic E-state index is 0.0374. The Hall–Kier alpha value is -2.86. The maximum atomic E-state index is 11.7. The highest BCUT2D eigenvalue weighted by Gasteiger charge is 2.11.